The molecular formula is C22H20F2N2O5. The van der Waals surface area contributed by atoms with Gasteiger partial charge < -0.3 is 24.5 Å². The molecule has 9 heteroatoms. The van der Waals surface area contributed by atoms with Crippen LogP contribution in [-0.4, -0.2) is 41.1 Å². The molecule has 2 aromatic carbocycles. The Labute approximate surface area is 176 Å². The normalized spacial score (nSPS) is 16.0. The molecular weight excluding hydrogens is 410 g/mol. The minimum atomic E-state index is -1.02. The summed E-state index contributed by atoms with van der Waals surface area (Å²) in [6, 6.07) is 8.43. The predicted molar refractivity (Wildman–Crippen MR) is 107 cm³/mol. The number of hydrogen-bond donors (Lipinski definition) is 2. The van der Waals surface area contributed by atoms with E-state index in [2.05, 4.69) is 5.32 Å². The average Bonchev–Trinajstić information content (AvgIpc) is 3.32. The maximum absolute atomic E-state index is 13.8. The highest BCUT2D eigenvalue weighted by atomic mass is 19.2. The molecule has 0 aliphatic carbocycles. The van der Waals surface area contributed by atoms with Crippen molar-refractivity contribution in [3.05, 3.63) is 64.9 Å². The summed E-state index contributed by atoms with van der Waals surface area (Å²) in [7, 11) is 0. The lowest BCUT2D eigenvalue weighted by Crippen LogP contribution is -2.38. The Morgan fingerprint density at radius 1 is 1.29 bits per heavy atom. The van der Waals surface area contributed by atoms with E-state index >= 15 is 0 Å². The van der Waals surface area contributed by atoms with E-state index < -0.39 is 17.7 Å². The van der Waals surface area contributed by atoms with Gasteiger partial charge >= 0.3 is 6.09 Å². The number of amides is 2. The number of nitrogens with zero attached hydrogens (tertiary/aromatic N) is 1. The molecule has 7 nitrogen and oxygen atoms in total. The van der Waals surface area contributed by atoms with Gasteiger partial charge in [-0.05, 0) is 37.6 Å². The van der Waals surface area contributed by atoms with E-state index in [4.69, 9.17) is 14.3 Å². The van der Waals surface area contributed by atoms with Crippen LogP contribution in [0.25, 0.3) is 11.0 Å². The quantitative estimate of drug-likeness (QED) is 0.636. The van der Waals surface area contributed by atoms with Crippen LogP contribution >= 0.6 is 0 Å². The molecule has 1 aliphatic heterocycles. The fraction of sp³-hybridized carbons (Fsp3) is 0.273. The molecule has 0 bridgehead atoms. The van der Waals surface area contributed by atoms with E-state index in [1.807, 2.05) is 0 Å². The highest BCUT2D eigenvalue weighted by Gasteiger charge is 2.29. The molecule has 0 radical (unpaired) electrons. The van der Waals surface area contributed by atoms with E-state index in [-0.39, 0.29) is 30.7 Å². The molecule has 2 N–H and O–H groups in total. The van der Waals surface area contributed by atoms with Crippen LogP contribution in [0, 0.1) is 18.6 Å². The van der Waals surface area contributed by atoms with Gasteiger partial charge in [-0.1, -0.05) is 12.1 Å². The molecule has 4 rings (SSSR count). The van der Waals surface area contributed by atoms with Crippen molar-refractivity contribution in [2.75, 3.05) is 13.1 Å². The van der Waals surface area contributed by atoms with Crippen molar-refractivity contribution < 1.29 is 32.6 Å². The SMILES string of the molecule is Cc1oc2ccc(OCc3cccc(F)c3F)cc2c1C(=O)N[C@H]1CCN(C(=O)O)C1. The van der Waals surface area contributed by atoms with Gasteiger partial charge in [0.15, 0.2) is 11.6 Å². The van der Waals surface area contributed by atoms with Crippen LogP contribution in [0.2, 0.25) is 0 Å². The second-order valence-corrected chi connectivity index (χ2v) is 7.38. The smallest absolute Gasteiger partial charge is 0.407 e. The molecule has 2 amide bonds. The van der Waals surface area contributed by atoms with Gasteiger partial charge in [-0.2, -0.15) is 0 Å². The van der Waals surface area contributed by atoms with Crippen molar-refractivity contribution in [1.29, 1.82) is 0 Å². The van der Waals surface area contributed by atoms with Crippen LogP contribution in [0.3, 0.4) is 0 Å². The largest absolute Gasteiger partial charge is 0.489 e. The Bertz CT molecular complexity index is 1160. The molecule has 0 unspecified atom stereocenters. The second-order valence-electron chi connectivity index (χ2n) is 7.38. The maximum atomic E-state index is 13.8. The first-order chi connectivity index (χ1) is 14.8. The predicted octanol–water partition coefficient (Wildman–Crippen LogP) is 4.08. The zero-order valence-electron chi connectivity index (χ0n) is 16.7. The molecule has 1 atom stereocenters. The van der Waals surface area contributed by atoms with Crippen LogP contribution < -0.4 is 10.1 Å². The lowest BCUT2D eigenvalue weighted by molar-refractivity contribution is 0.0935. The van der Waals surface area contributed by atoms with Crippen LogP contribution in [0.1, 0.15) is 28.1 Å². The lowest BCUT2D eigenvalue weighted by atomic mass is 10.1. The minimum absolute atomic E-state index is 0.0747. The fourth-order valence-corrected chi connectivity index (χ4v) is 3.70. The summed E-state index contributed by atoms with van der Waals surface area (Å²) < 4.78 is 38.5. The Hall–Kier alpha value is -3.62. The fourth-order valence-electron chi connectivity index (χ4n) is 3.70. The first-order valence-electron chi connectivity index (χ1n) is 9.71. The third-order valence-corrected chi connectivity index (χ3v) is 5.28. The van der Waals surface area contributed by atoms with Crippen LogP contribution in [0.15, 0.2) is 40.8 Å². The van der Waals surface area contributed by atoms with Crippen LogP contribution in [0.4, 0.5) is 13.6 Å². The number of carbonyl (C=O) groups is 2. The number of likely N-dealkylation sites (tertiary alicyclic amines) is 1. The molecule has 0 spiro atoms. The summed E-state index contributed by atoms with van der Waals surface area (Å²) in [5.74, 6) is -1.51. The van der Waals surface area contributed by atoms with Crippen LogP contribution in [0.5, 0.6) is 5.75 Å². The summed E-state index contributed by atoms with van der Waals surface area (Å²) >= 11 is 0. The van der Waals surface area contributed by atoms with Crippen molar-refractivity contribution in [1.82, 2.24) is 10.2 Å². The number of furan rings is 1. The lowest BCUT2D eigenvalue weighted by Gasteiger charge is -2.14. The summed E-state index contributed by atoms with van der Waals surface area (Å²) in [6.45, 7) is 2.07. The van der Waals surface area contributed by atoms with Gasteiger partial charge in [0.05, 0.1) is 5.56 Å². The zero-order valence-corrected chi connectivity index (χ0v) is 16.7. The molecule has 1 fully saturated rings. The Balaban J connectivity index is 1.53. The number of nitrogens with one attached hydrogen (secondary N) is 1. The van der Waals surface area contributed by atoms with Gasteiger partial charge in [0.1, 0.15) is 23.7 Å². The molecule has 1 aliphatic rings. The van der Waals surface area contributed by atoms with Gasteiger partial charge in [0.25, 0.3) is 5.91 Å². The van der Waals surface area contributed by atoms with E-state index in [0.29, 0.717) is 41.0 Å². The summed E-state index contributed by atoms with van der Waals surface area (Å²) in [6.07, 6.45) is -0.487. The topological polar surface area (TPSA) is 92.0 Å². The number of carbonyl (C=O) groups excluding carboxylic acids is 1. The number of aryl methyl sites for hydroxylation is 1. The molecule has 162 valence electrons. The monoisotopic (exact) mass is 430 g/mol. The van der Waals surface area contributed by atoms with E-state index in [1.165, 1.54) is 17.0 Å². The first-order valence-corrected chi connectivity index (χ1v) is 9.71. The van der Waals surface area contributed by atoms with Crippen molar-refractivity contribution in [3.63, 3.8) is 0 Å². The molecule has 1 saturated heterocycles. The molecule has 31 heavy (non-hydrogen) atoms. The average molecular weight is 430 g/mol. The highest BCUT2D eigenvalue weighted by Crippen LogP contribution is 2.30. The van der Waals surface area contributed by atoms with Gasteiger partial charge in [-0.3, -0.25) is 4.79 Å². The Kier molecular flexibility index (Phi) is 5.50. The van der Waals surface area contributed by atoms with E-state index in [1.54, 1.807) is 25.1 Å². The van der Waals surface area contributed by atoms with Crippen LogP contribution in [-0.2, 0) is 6.61 Å². The number of fused-ring (bicyclic) bond motifs is 1. The van der Waals surface area contributed by atoms with Gasteiger partial charge in [0.2, 0.25) is 0 Å². The number of benzene rings is 2. The second kappa shape index (κ2) is 8.25. The standard InChI is InChI=1S/C22H20F2N2O5/c1-12-19(21(27)25-14-7-8-26(10-14)22(28)29)16-9-15(5-6-18(16)31-12)30-11-13-3-2-4-17(23)20(13)24/h2-6,9,14H,7-8,10-11H2,1H3,(H,25,27)(H,28,29)/t14-/m0/s1. The van der Waals surface area contributed by atoms with Crippen molar-refractivity contribution >= 4 is 23.0 Å². The molecule has 2 heterocycles. The third kappa shape index (κ3) is 4.16. The summed E-state index contributed by atoms with van der Waals surface area (Å²) in [5.41, 5.74) is 0.877. The highest BCUT2D eigenvalue weighted by molar-refractivity contribution is 6.07. The van der Waals surface area contributed by atoms with E-state index in [0.717, 1.165) is 6.07 Å². The number of ether oxygens (including phenoxy) is 1. The minimum Gasteiger partial charge on any atom is -0.489 e. The zero-order chi connectivity index (χ0) is 22.1. The Morgan fingerprint density at radius 3 is 2.84 bits per heavy atom. The van der Waals surface area contributed by atoms with Crippen molar-refractivity contribution in [2.24, 2.45) is 0 Å². The van der Waals surface area contributed by atoms with E-state index in [9.17, 15) is 18.4 Å². The molecule has 1 aromatic heterocycles. The van der Waals surface area contributed by atoms with Gasteiger partial charge in [-0.15, -0.1) is 0 Å². The Morgan fingerprint density at radius 2 is 2.10 bits per heavy atom. The molecule has 0 saturated carbocycles. The van der Waals surface area contributed by atoms with Gasteiger partial charge in [0, 0.05) is 30.1 Å². The third-order valence-electron chi connectivity index (χ3n) is 5.28. The first kappa shape index (κ1) is 20.6. The summed E-state index contributed by atoms with van der Waals surface area (Å²) in [4.78, 5) is 25.2. The number of rotatable bonds is 5. The number of halogens is 2. The van der Waals surface area contributed by atoms with Crippen molar-refractivity contribution in [3.8, 4) is 5.75 Å². The van der Waals surface area contributed by atoms with Gasteiger partial charge in [-0.25, -0.2) is 13.6 Å². The number of carboxylic acid groups (broad SMARTS) is 1. The van der Waals surface area contributed by atoms with Crippen molar-refractivity contribution in [2.45, 2.75) is 26.0 Å². The molecule has 3 aromatic rings. The maximum Gasteiger partial charge on any atom is 0.407 e. The summed E-state index contributed by atoms with van der Waals surface area (Å²) in [5, 5.41) is 12.4. The number of hydrogen-bond acceptors (Lipinski definition) is 4.